The van der Waals surface area contributed by atoms with E-state index >= 15 is 0 Å². The summed E-state index contributed by atoms with van der Waals surface area (Å²) in [5.74, 6) is 3.14. The number of benzene rings is 1. The molecule has 8 heteroatoms. The molecule has 2 saturated heterocycles. The number of halogens is 2. The highest BCUT2D eigenvalue weighted by molar-refractivity contribution is 6.30. The largest absolute Gasteiger partial charge is 0.493 e. The number of rotatable bonds is 8. The zero-order chi connectivity index (χ0) is 24.6. The van der Waals surface area contributed by atoms with Crippen LogP contribution in [0, 0.1) is 29.0 Å². The summed E-state index contributed by atoms with van der Waals surface area (Å²) in [5, 5.41) is 0.562. The number of hydrogen-bond donors (Lipinski definition) is 0. The van der Waals surface area contributed by atoms with Crippen LogP contribution in [-0.4, -0.2) is 53.6 Å². The first kappa shape index (κ1) is 24.3. The molecule has 6 nitrogen and oxygen atoms in total. The van der Waals surface area contributed by atoms with Crippen LogP contribution in [0.4, 0.5) is 10.3 Å². The second-order valence-corrected chi connectivity index (χ2v) is 11.6. The summed E-state index contributed by atoms with van der Waals surface area (Å²) in [5.41, 5.74) is 0.612. The van der Waals surface area contributed by atoms with E-state index in [1.165, 1.54) is 12.5 Å². The number of hydrogen-bond acceptors (Lipinski definition) is 5. The van der Waals surface area contributed by atoms with E-state index in [0.717, 1.165) is 63.2 Å². The lowest BCUT2D eigenvalue weighted by Gasteiger charge is -2.45. The van der Waals surface area contributed by atoms with Crippen LogP contribution in [0.2, 0.25) is 5.02 Å². The molecular weight excluding hydrogens is 467 g/mol. The van der Waals surface area contributed by atoms with E-state index in [4.69, 9.17) is 16.3 Å². The Morgan fingerprint density at radius 3 is 2.57 bits per heavy atom. The van der Waals surface area contributed by atoms with E-state index in [9.17, 15) is 9.18 Å². The third-order valence-electron chi connectivity index (χ3n) is 7.73. The van der Waals surface area contributed by atoms with E-state index in [1.807, 2.05) is 0 Å². The smallest absolute Gasteiger partial charge is 0.227 e. The van der Waals surface area contributed by atoms with Crippen molar-refractivity contribution in [1.29, 1.82) is 0 Å². The Morgan fingerprint density at radius 2 is 1.91 bits per heavy atom. The summed E-state index contributed by atoms with van der Waals surface area (Å²) in [6, 6.07) is 4.89. The van der Waals surface area contributed by atoms with E-state index in [-0.39, 0.29) is 23.6 Å². The number of carbonyl (C=O) groups is 1. The van der Waals surface area contributed by atoms with E-state index in [0.29, 0.717) is 28.9 Å². The van der Waals surface area contributed by atoms with Gasteiger partial charge in [0.05, 0.1) is 30.4 Å². The van der Waals surface area contributed by atoms with Gasteiger partial charge in [-0.2, -0.15) is 0 Å². The van der Waals surface area contributed by atoms with Crippen molar-refractivity contribution < 1.29 is 13.9 Å². The van der Waals surface area contributed by atoms with Crippen LogP contribution in [0.1, 0.15) is 45.1 Å². The fraction of sp³-hybridized carbons (Fsp3) is 0.593. The molecule has 1 aromatic heterocycles. The Labute approximate surface area is 211 Å². The van der Waals surface area contributed by atoms with E-state index in [1.54, 1.807) is 29.4 Å². The summed E-state index contributed by atoms with van der Waals surface area (Å²) in [7, 11) is 0. The number of likely N-dealkylation sites (tertiary alicyclic amines) is 1. The molecule has 3 aliphatic rings. The van der Waals surface area contributed by atoms with Crippen molar-refractivity contribution in [2.75, 3.05) is 37.7 Å². The van der Waals surface area contributed by atoms with Gasteiger partial charge in [0.2, 0.25) is 11.9 Å². The van der Waals surface area contributed by atoms with Crippen LogP contribution in [0.5, 0.6) is 5.75 Å². The van der Waals surface area contributed by atoms with Crippen LogP contribution in [0.25, 0.3) is 0 Å². The van der Waals surface area contributed by atoms with Crippen molar-refractivity contribution in [3.63, 3.8) is 0 Å². The quantitative estimate of drug-likeness (QED) is 0.510. The second kappa shape index (κ2) is 9.92. The van der Waals surface area contributed by atoms with Crippen LogP contribution in [0.15, 0.2) is 30.6 Å². The molecule has 2 aromatic rings. The normalized spacial score (nSPS) is 23.7. The minimum atomic E-state index is -0.364. The molecule has 3 heterocycles. The minimum absolute atomic E-state index is 0.0109. The zero-order valence-electron chi connectivity index (χ0n) is 20.6. The van der Waals surface area contributed by atoms with E-state index < -0.39 is 0 Å². The molecule has 0 N–H and O–H groups in total. The zero-order valence-corrected chi connectivity index (χ0v) is 21.3. The standard InChI is InChI=1S/C27H34ClFN4O2/c1-27(2)16-33(17-27)25(34)12-20-3-4-22(13-24(20)29)35-10-7-19-11-23(19)18-5-8-32(9-6-18)26-30-14-21(28)15-31-26/h3-4,13-15,18-19,23H,5-12,16-17H2,1-2H3/t19-,23-/m0/s1. The van der Waals surface area contributed by atoms with Gasteiger partial charge >= 0.3 is 0 Å². The van der Waals surface area contributed by atoms with Crippen molar-refractivity contribution in [1.82, 2.24) is 14.9 Å². The van der Waals surface area contributed by atoms with Crippen LogP contribution < -0.4 is 9.64 Å². The van der Waals surface area contributed by atoms with Crippen molar-refractivity contribution in [2.45, 2.75) is 46.0 Å². The lowest BCUT2D eigenvalue weighted by molar-refractivity contribution is -0.140. The SMILES string of the molecule is CC1(C)CN(C(=O)Cc2ccc(OCC[C@H]3C[C@H]3C3CCN(c4ncc(Cl)cn4)CC3)cc2F)C1. The van der Waals surface area contributed by atoms with Crippen molar-refractivity contribution in [2.24, 2.45) is 23.2 Å². The van der Waals surface area contributed by atoms with Crippen LogP contribution in [-0.2, 0) is 11.2 Å². The first-order valence-corrected chi connectivity index (χ1v) is 13.1. The molecule has 1 aromatic carbocycles. The molecule has 1 amide bonds. The molecule has 0 bridgehead atoms. The van der Waals surface area contributed by atoms with Gasteiger partial charge in [0.15, 0.2) is 0 Å². The third kappa shape index (κ3) is 5.88. The Morgan fingerprint density at radius 1 is 1.20 bits per heavy atom. The topological polar surface area (TPSA) is 58.6 Å². The average molecular weight is 501 g/mol. The van der Waals surface area contributed by atoms with Gasteiger partial charge in [0, 0.05) is 32.2 Å². The predicted octanol–water partition coefficient (Wildman–Crippen LogP) is 5.00. The monoisotopic (exact) mass is 500 g/mol. The van der Waals surface area contributed by atoms with Gasteiger partial charge in [-0.15, -0.1) is 0 Å². The lowest BCUT2D eigenvalue weighted by Crippen LogP contribution is -2.55. The Hall–Kier alpha value is -2.41. The summed E-state index contributed by atoms with van der Waals surface area (Å²) in [6.07, 6.45) is 7.99. The van der Waals surface area contributed by atoms with Crippen molar-refractivity contribution in [3.8, 4) is 5.75 Å². The highest BCUT2D eigenvalue weighted by Crippen LogP contribution is 2.49. The number of piperidine rings is 1. The van der Waals surface area contributed by atoms with Crippen molar-refractivity contribution in [3.05, 3.63) is 47.0 Å². The number of anilines is 1. The molecule has 2 aliphatic heterocycles. The van der Waals surface area contributed by atoms with Gasteiger partial charge in [0.25, 0.3) is 0 Å². The predicted molar refractivity (Wildman–Crippen MR) is 134 cm³/mol. The van der Waals surface area contributed by atoms with Gasteiger partial charge in [-0.05, 0) is 60.5 Å². The first-order chi connectivity index (χ1) is 16.8. The van der Waals surface area contributed by atoms with Gasteiger partial charge in [-0.1, -0.05) is 31.5 Å². The number of amides is 1. The van der Waals surface area contributed by atoms with Crippen molar-refractivity contribution >= 4 is 23.5 Å². The summed E-state index contributed by atoms with van der Waals surface area (Å²) >= 11 is 5.89. The molecule has 1 aliphatic carbocycles. The maximum Gasteiger partial charge on any atom is 0.227 e. The molecule has 3 fully saturated rings. The molecule has 0 unspecified atom stereocenters. The Bertz CT molecular complexity index is 1050. The Kier molecular flexibility index (Phi) is 6.88. The van der Waals surface area contributed by atoms with Gasteiger partial charge < -0.3 is 14.5 Å². The molecular formula is C27H34ClFN4O2. The van der Waals surface area contributed by atoms with Gasteiger partial charge in [-0.25, -0.2) is 14.4 Å². The lowest BCUT2D eigenvalue weighted by atomic mass is 9.84. The highest BCUT2D eigenvalue weighted by Gasteiger charge is 2.43. The fourth-order valence-electron chi connectivity index (χ4n) is 5.70. The molecule has 0 radical (unpaired) electrons. The minimum Gasteiger partial charge on any atom is -0.493 e. The first-order valence-electron chi connectivity index (χ1n) is 12.7. The maximum atomic E-state index is 14.6. The average Bonchev–Trinajstić information content (AvgIpc) is 3.59. The summed E-state index contributed by atoms with van der Waals surface area (Å²) < 4.78 is 20.4. The number of carbonyl (C=O) groups excluding carboxylic acids is 1. The molecule has 5 rings (SSSR count). The molecule has 1 saturated carbocycles. The Balaban J connectivity index is 1.02. The molecule has 0 spiro atoms. The van der Waals surface area contributed by atoms with E-state index in [2.05, 4.69) is 28.7 Å². The van der Waals surface area contributed by atoms with Gasteiger partial charge in [0.1, 0.15) is 11.6 Å². The summed E-state index contributed by atoms with van der Waals surface area (Å²) in [6.45, 7) is 8.31. The van der Waals surface area contributed by atoms with Crippen LogP contribution >= 0.6 is 11.6 Å². The number of nitrogens with zero attached hydrogens (tertiary/aromatic N) is 4. The summed E-state index contributed by atoms with van der Waals surface area (Å²) in [4.78, 5) is 25.1. The molecule has 35 heavy (non-hydrogen) atoms. The fourth-order valence-corrected chi connectivity index (χ4v) is 5.80. The third-order valence-corrected chi connectivity index (χ3v) is 7.92. The van der Waals surface area contributed by atoms with Crippen LogP contribution in [0.3, 0.4) is 0 Å². The maximum absolute atomic E-state index is 14.6. The second-order valence-electron chi connectivity index (χ2n) is 11.2. The van der Waals surface area contributed by atoms with Gasteiger partial charge in [-0.3, -0.25) is 4.79 Å². The molecule has 2 atom stereocenters. The highest BCUT2D eigenvalue weighted by atomic mass is 35.5. The molecule has 188 valence electrons. The number of aromatic nitrogens is 2. The number of ether oxygens (including phenoxy) is 1.